The van der Waals surface area contributed by atoms with E-state index in [4.69, 9.17) is 4.74 Å². The number of fused-ring (bicyclic) bond motifs is 1. The third kappa shape index (κ3) is 4.36. The SMILES string of the molecule is Cc1ccc(CNC(=O)C2CCCN(C(=O)N3CCOc4ccccc43)C2)cc1. The van der Waals surface area contributed by atoms with Crippen LogP contribution in [0.5, 0.6) is 5.75 Å². The number of nitrogens with zero attached hydrogens (tertiary/aromatic N) is 2. The summed E-state index contributed by atoms with van der Waals surface area (Å²) in [5, 5.41) is 3.03. The number of para-hydroxylation sites is 2. The number of aryl methyl sites for hydroxylation is 1. The van der Waals surface area contributed by atoms with Crippen LogP contribution in [-0.4, -0.2) is 43.1 Å². The van der Waals surface area contributed by atoms with Gasteiger partial charge in [-0.15, -0.1) is 0 Å². The van der Waals surface area contributed by atoms with Crippen molar-refractivity contribution < 1.29 is 14.3 Å². The van der Waals surface area contributed by atoms with Gasteiger partial charge in [-0.25, -0.2) is 4.79 Å². The average Bonchev–Trinajstić information content (AvgIpc) is 2.77. The minimum absolute atomic E-state index is 0.0189. The highest BCUT2D eigenvalue weighted by atomic mass is 16.5. The van der Waals surface area contributed by atoms with E-state index in [1.165, 1.54) is 5.56 Å². The van der Waals surface area contributed by atoms with Gasteiger partial charge in [-0.2, -0.15) is 0 Å². The lowest BCUT2D eigenvalue weighted by Crippen LogP contribution is -2.52. The van der Waals surface area contributed by atoms with Crippen LogP contribution < -0.4 is 15.0 Å². The van der Waals surface area contributed by atoms with Crippen LogP contribution in [0.3, 0.4) is 0 Å². The quantitative estimate of drug-likeness (QED) is 0.870. The summed E-state index contributed by atoms with van der Waals surface area (Å²) < 4.78 is 5.66. The summed E-state index contributed by atoms with van der Waals surface area (Å²) in [6.45, 7) is 4.70. The predicted molar refractivity (Wildman–Crippen MR) is 112 cm³/mol. The first-order chi connectivity index (χ1) is 14.1. The molecule has 2 aliphatic rings. The van der Waals surface area contributed by atoms with Gasteiger partial charge < -0.3 is 15.0 Å². The van der Waals surface area contributed by atoms with Crippen LogP contribution in [0.25, 0.3) is 0 Å². The highest BCUT2D eigenvalue weighted by Crippen LogP contribution is 2.32. The zero-order chi connectivity index (χ0) is 20.2. The van der Waals surface area contributed by atoms with Gasteiger partial charge in [0.2, 0.25) is 5.91 Å². The average molecular weight is 393 g/mol. The number of nitrogens with one attached hydrogen (secondary N) is 1. The molecule has 2 aliphatic heterocycles. The Balaban J connectivity index is 1.37. The van der Waals surface area contributed by atoms with Gasteiger partial charge in [0.1, 0.15) is 12.4 Å². The van der Waals surface area contributed by atoms with Crippen LogP contribution in [0.2, 0.25) is 0 Å². The maximum Gasteiger partial charge on any atom is 0.324 e. The number of benzene rings is 2. The van der Waals surface area contributed by atoms with E-state index >= 15 is 0 Å². The number of urea groups is 1. The second kappa shape index (κ2) is 8.55. The van der Waals surface area contributed by atoms with Gasteiger partial charge in [0.15, 0.2) is 0 Å². The van der Waals surface area contributed by atoms with Gasteiger partial charge in [0.05, 0.1) is 18.2 Å². The minimum atomic E-state index is -0.172. The number of likely N-dealkylation sites (tertiary alicyclic amines) is 1. The lowest BCUT2D eigenvalue weighted by molar-refractivity contribution is -0.126. The Morgan fingerprint density at radius 3 is 2.72 bits per heavy atom. The van der Waals surface area contributed by atoms with Crippen LogP contribution in [0.4, 0.5) is 10.5 Å². The van der Waals surface area contributed by atoms with E-state index in [9.17, 15) is 9.59 Å². The molecule has 2 aromatic rings. The molecule has 6 nitrogen and oxygen atoms in total. The molecule has 3 amide bonds. The van der Waals surface area contributed by atoms with E-state index in [1.54, 1.807) is 4.90 Å². The van der Waals surface area contributed by atoms with E-state index in [1.807, 2.05) is 60.4 Å². The molecule has 29 heavy (non-hydrogen) atoms. The molecular weight excluding hydrogens is 366 g/mol. The number of piperidine rings is 1. The van der Waals surface area contributed by atoms with Gasteiger partial charge in [-0.3, -0.25) is 9.69 Å². The number of anilines is 1. The van der Waals surface area contributed by atoms with Crippen molar-refractivity contribution in [2.75, 3.05) is 31.1 Å². The zero-order valence-electron chi connectivity index (χ0n) is 16.8. The van der Waals surface area contributed by atoms with Crippen LogP contribution in [0, 0.1) is 12.8 Å². The standard InChI is InChI=1S/C23H27N3O3/c1-17-8-10-18(11-9-17)15-24-22(27)19-5-4-12-25(16-19)23(28)26-13-14-29-21-7-3-2-6-20(21)26/h2-3,6-11,19H,4-5,12-16H2,1H3,(H,24,27). The number of hydrogen-bond donors (Lipinski definition) is 1. The molecule has 0 radical (unpaired) electrons. The normalized spacial score (nSPS) is 18.6. The molecule has 4 rings (SSSR count). The van der Waals surface area contributed by atoms with E-state index < -0.39 is 0 Å². The topological polar surface area (TPSA) is 61.9 Å². The van der Waals surface area contributed by atoms with E-state index in [0.29, 0.717) is 32.8 Å². The molecule has 1 N–H and O–H groups in total. The number of amides is 3. The Bertz CT molecular complexity index is 881. The van der Waals surface area contributed by atoms with Gasteiger partial charge in [-0.05, 0) is 37.5 Å². The number of hydrogen-bond acceptors (Lipinski definition) is 3. The Kier molecular flexibility index (Phi) is 5.69. The van der Waals surface area contributed by atoms with Crippen LogP contribution in [0.1, 0.15) is 24.0 Å². The van der Waals surface area contributed by atoms with E-state index in [2.05, 4.69) is 5.32 Å². The minimum Gasteiger partial charge on any atom is -0.490 e. The van der Waals surface area contributed by atoms with Crippen LogP contribution >= 0.6 is 0 Å². The monoisotopic (exact) mass is 393 g/mol. The van der Waals surface area contributed by atoms with Crippen LogP contribution in [0.15, 0.2) is 48.5 Å². The maximum atomic E-state index is 13.2. The summed E-state index contributed by atoms with van der Waals surface area (Å²) in [4.78, 5) is 29.4. The van der Waals surface area contributed by atoms with Gasteiger partial charge in [-0.1, -0.05) is 42.0 Å². The van der Waals surface area contributed by atoms with Gasteiger partial charge in [0, 0.05) is 19.6 Å². The van der Waals surface area contributed by atoms with Crippen LogP contribution in [-0.2, 0) is 11.3 Å². The summed E-state index contributed by atoms with van der Waals surface area (Å²) in [6, 6.07) is 15.7. The molecule has 1 unspecified atom stereocenters. The molecule has 1 fully saturated rings. The Morgan fingerprint density at radius 2 is 1.90 bits per heavy atom. The first-order valence-corrected chi connectivity index (χ1v) is 10.2. The van der Waals surface area contributed by atoms with Crippen molar-refractivity contribution in [1.29, 1.82) is 0 Å². The molecule has 0 spiro atoms. The lowest BCUT2D eigenvalue weighted by atomic mass is 9.97. The predicted octanol–water partition coefficient (Wildman–Crippen LogP) is 3.34. The van der Waals surface area contributed by atoms with Gasteiger partial charge >= 0.3 is 6.03 Å². The Morgan fingerprint density at radius 1 is 1.10 bits per heavy atom. The molecule has 0 bridgehead atoms. The van der Waals surface area contributed by atoms with Crippen molar-refractivity contribution >= 4 is 17.6 Å². The second-order valence-electron chi connectivity index (χ2n) is 7.74. The first-order valence-electron chi connectivity index (χ1n) is 10.2. The van der Waals surface area contributed by atoms with Crippen molar-refractivity contribution in [3.05, 3.63) is 59.7 Å². The van der Waals surface area contributed by atoms with E-state index in [0.717, 1.165) is 29.8 Å². The van der Waals surface area contributed by atoms with Crippen molar-refractivity contribution in [3.63, 3.8) is 0 Å². The third-order valence-electron chi connectivity index (χ3n) is 5.61. The van der Waals surface area contributed by atoms with Crippen molar-refractivity contribution in [1.82, 2.24) is 10.2 Å². The fourth-order valence-electron chi connectivity index (χ4n) is 3.94. The molecule has 0 aliphatic carbocycles. The largest absolute Gasteiger partial charge is 0.490 e. The maximum absolute atomic E-state index is 13.2. The molecular formula is C23H27N3O3. The number of rotatable bonds is 3. The van der Waals surface area contributed by atoms with Crippen molar-refractivity contribution in [2.45, 2.75) is 26.3 Å². The first kappa shape index (κ1) is 19.3. The lowest BCUT2D eigenvalue weighted by Gasteiger charge is -2.37. The number of carbonyl (C=O) groups is 2. The van der Waals surface area contributed by atoms with E-state index in [-0.39, 0.29) is 17.9 Å². The second-order valence-corrected chi connectivity index (χ2v) is 7.74. The molecule has 152 valence electrons. The molecule has 0 saturated carbocycles. The summed E-state index contributed by atoms with van der Waals surface area (Å²) in [5.41, 5.74) is 3.08. The number of carbonyl (C=O) groups excluding carboxylic acids is 2. The van der Waals surface area contributed by atoms with Gasteiger partial charge in [0.25, 0.3) is 0 Å². The third-order valence-corrected chi connectivity index (χ3v) is 5.61. The summed E-state index contributed by atoms with van der Waals surface area (Å²) in [7, 11) is 0. The molecule has 0 aromatic heterocycles. The highest BCUT2D eigenvalue weighted by Gasteiger charge is 2.33. The van der Waals surface area contributed by atoms with Crippen molar-refractivity contribution in [2.24, 2.45) is 5.92 Å². The molecule has 1 saturated heterocycles. The fourth-order valence-corrected chi connectivity index (χ4v) is 3.94. The zero-order valence-corrected chi connectivity index (χ0v) is 16.8. The molecule has 2 heterocycles. The molecule has 2 aromatic carbocycles. The Hall–Kier alpha value is -3.02. The fraction of sp³-hybridized carbons (Fsp3) is 0.391. The molecule has 1 atom stereocenters. The van der Waals surface area contributed by atoms with Crippen molar-refractivity contribution in [3.8, 4) is 5.75 Å². The smallest absolute Gasteiger partial charge is 0.324 e. The molecule has 6 heteroatoms. The Labute approximate surface area is 171 Å². The highest BCUT2D eigenvalue weighted by molar-refractivity contribution is 5.94. The summed E-state index contributed by atoms with van der Waals surface area (Å²) >= 11 is 0. The summed E-state index contributed by atoms with van der Waals surface area (Å²) in [5.74, 6) is 0.580. The number of ether oxygens (including phenoxy) is 1. The summed E-state index contributed by atoms with van der Waals surface area (Å²) in [6.07, 6.45) is 1.64.